The number of hydrogen-bond donors (Lipinski definition) is 2. The van der Waals surface area contributed by atoms with Crippen LogP contribution in [-0.2, 0) is 22.7 Å². The number of carbonyl (C=O) groups is 2. The third-order valence-corrected chi connectivity index (χ3v) is 4.94. The zero-order chi connectivity index (χ0) is 21.3. The first-order valence-electron chi connectivity index (χ1n) is 9.13. The molecular formula is C21H21N3O5S. The van der Waals surface area contributed by atoms with Gasteiger partial charge < -0.3 is 9.47 Å². The maximum absolute atomic E-state index is 11.9. The number of aryl methyl sites for hydroxylation is 1. The largest absolute Gasteiger partial charge is 0.489 e. The van der Waals surface area contributed by atoms with Gasteiger partial charge in [0.1, 0.15) is 24.7 Å². The molecule has 0 radical (unpaired) electrons. The number of nitrogens with zero attached hydrogens (tertiary/aromatic N) is 1. The second kappa shape index (κ2) is 10.3. The molecule has 2 N–H and O–H groups in total. The Kier molecular flexibility index (Phi) is 7.23. The predicted molar refractivity (Wildman–Crippen MR) is 112 cm³/mol. The normalized spacial score (nSPS) is 10.3. The molecule has 0 bridgehead atoms. The maximum atomic E-state index is 11.9. The lowest BCUT2D eigenvalue weighted by molar-refractivity contribution is -0.130. The molecule has 0 aliphatic heterocycles. The van der Waals surface area contributed by atoms with Crippen molar-refractivity contribution in [2.24, 2.45) is 0 Å². The fraction of sp³-hybridized carbons (Fsp3) is 0.190. The Labute approximate surface area is 177 Å². The quantitative estimate of drug-likeness (QED) is 0.536. The molecule has 0 aliphatic carbocycles. The molecule has 30 heavy (non-hydrogen) atoms. The van der Waals surface area contributed by atoms with Crippen LogP contribution < -0.4 is 25.2 Å². The first kappa shape index (κ1) is 21.1. The average Bonchev–Trinajstić information content (AvgIpc) is 3.08. The van der Waals surface area contributed by atoms with E-state index >= 15 is 0 Å². The topological polar surface area (TPSA) is 98.7 Å². The fourth-order valence-electron chi connectivity index (χ4n) is 2.48. The van der Waals surface area contributed by atoms with Crippen molar-refractivity contribution >= 4 is 23.2 Å². The van der Waals surface area contributed by atoms with Crippen LogP contribution in [0.4, 0.5) is 0 Å². The molecule has 2 aromatic carbocycles. The highest BCUT2D eigenvalue weighted by Crippen LogP contribution is 2.18. The minimum Gasteiger partial charge on any atom is -0.489 e. The Morgan fingerprint density at radius 3 is 2.20 bits per heavy atom. The molecule has 1 heterocycles. The minimum atomic E-state index is -0.526. The standard InChI is InChI=1S/C21H21N3O5S/c1-15-14-30-21(27)24(15)11-19(25)22-23-20(26)13-29-18-9-7-17(8-10-18)28-12-16-5-3-2-4-6-16/h2-10,14H,11-13H2,1H3,(H,22,25)(H,23,26). The Morgan fingerprint density at radius 2 is 1.57 bits per heavy atom. The average molecular weight is 427 g/mol. The molecule has 0 saturated carbocycles. The van der Waals surface area contributed by atoms with Crippen LogP contribution in [0.3, 0.4) is 0 Å². The molecule has 9 heteroatoms. The summed E-state index contributed by atoms with van der Waals surface area (Å²) in [4.78, 5) is 35.1. The molecule has 1 aromatic heterocycles. The molecule has 2 amide bonds. The molecule has 0 spiro atoms. The van der Waals surface area contributed by atoms with Crippen LogP contribution in [0, 0.1) is 6.92 Å². The highest BCUT2D eigenvalue weighted by Gasteiger charge is 2.10. The van der Waals surface area contributed by atoms with Gasteiger partial charge in [-0.05, 0) is 36.8 Å². The number of amides is 2. The van der Waals surface area contributed by atoms with E-state index in [1.165, 1.54) is 4.57 Å². The fourth-order valence-corrected chi connectivity index (χ4v) is 3.21. The van der Waals surface area contributed by atoms with Gasteiger partial charge in [0.15, 0.2) is 6.61 Å². The zero-order valence-corrected chi connectivity index (χ0v) is 17.1. The van der Waals surface area contributed by atoms with Gasteiger partial charge >= 0.3 is 4.87 Å². The van der Waals surface area contributed by atoms with Crippen LogP contribution in [0.5, 0.6) is 11.5 Å². The number of hydrogen-bond acceptors (Lipinski definition) is 6. The second-order valence-corrected chi connectivity index (χ2v) is 7.18. The Bertz CT molecular complexity index is 1040. The summed E-state index contributed by atoms with van der Waals surface area (Å²) in [6.07, 6.45) is 0. The van der Waals surface area contributed by atoms with Crippen molar-refractivity contribution in [3.05, 3.63) is 80.9 Å². The summed E-state index contributed by atoms with van der Waals surface area (Å²) in [5.41, 5.74) is 6.26. The highest BCUT2D eigenvalue weighted by atomic mass is 32.1. The minimum absolute atomic E-state index is 0.167. The number of benzene rings is 2. The van der Waals surface area contributed by atoms with Gasteiger partial charge in [-0.15, -0.1) is 0 Å². The van der Waals surface area contributed by atoms with Gasteiger partial charge in [0, 0.05) is 11.1 Å². The molecular weight excluding hydrogens is 406 g/mol. The van der Waals surface area contributed by atoms with Gasteiger partial charge in [-0.1, -0.05) is 41.7 Å². The number of nitrogens with one attached hydrogen (secondary N) is 2. The number of ether oxygens (including phenoxy) is 2. The van der Waals surface area contributed by atoms with Crippen LogP contribution in [0.25, 0.3) is 0 Å². The molecule has 3 aromatic rings. The van der Waals surface area contributed by atoms with E-state index in [1.807, 2.05) is 30.3 Å². The number of thiazole rings is 1. The van der Waals surface area contributed by atoms with E-state index < -0.39 is 11.8 Å². The molecule has 8 nitrogen and oxygen atoms in total. The molecule has 3 rings (SSSR count). The van der Waals surface area contributed by atoms with E-state index in [4.69, 9.17) is 9.47 Å². The van der Waals surface area contributed by atoms with Crippen molar-refractivity contribution in [1.82, 2.24) is 15.4 Å². The number of carbonyl (C=O) groups excluding carboxylic acids is 2. The molecule has 0 fully saturated rings. The first-order chi connectivity index (χ1) is 14.5. The van der Waals surface area contributed by atoms with E-state index in [1.54, 1.807) is 36.6 Å². The van der Waals surface area contributed by atoms with Crippen LogP contribution in [0.2, 0.25) is 0 Å². The van der Waals surface area contributed by atoms with Crippen molar-refractivity contribution in [3.63, 3.8) is 0 Å². The van der Waals surface area contributed by atoms with Gasteiger partial charge in [-0.2, -0.15) is 0 Å². The summed E-state index contributed by atoms with van der Waals surface area (Å²) in [5, 5.41) is 1.67. The lowest BCUT2D eigenvalue weighted by Gasteiger charge is -2.10. The summed E-state index contributed by atoms with van der Waals surface area (Å²) in [5.74, 6) is 0.139. The number of aromatic nitrogens is 1. The number of rotatable bonds is 8. The van der Waals surface area contributed by atoms with Gasteiger partial charge in [-0.25, -0.2) is 0 Å². The van der Waals surface area contributed by atoms with Crippen molar-refractivity contribution in [3.8, 4) is 11.5 Å². The van der Waals surface area contributed by atoms with Crippen molar-refractivity contribution in [2.75, 3.05) is 6.61 Å². The van der Waals surface area contributed by atoms with Gasteiger partial charge in [0.05, 0.1) is 0 Å². The van der Waals surface area contributed by atoms with E-state index in [0.717, 1.165) is 16.9 Å². The third-order valence-electron chi connectivity index (χ3n) is 4.06. The maximum Gasteiger partial charge on any atom is 0.307 e. The molecule has 156 valence electrons. The lowest BCUT2D eigenvalue weighted by Crippen LogP contribution is -2.45. The van der Waals surface area contributed by atoms with Crippen molar-refractivity contribution in [1.29, 1.82) is 0 Å². The Hall–Kier alpha value is -3.59. The zero-order valence-electron chi connectivity index (χ0n) is 16.3. The predicted octanol–water partition coefficient (Wildman–Crippen LogP) is 2.02. The smallest absolute Gasteiger partial charge is 0.307 e. The monoisotopic (exact) mass is 427 g/mol. The second-order valence-electron chi connectivity index (χ2n) is 6.36. The molecule has 0 aliphatic rings. The van der Waals surface area contributed by atoms with Crippen molar-refractivity contribution < 1.29 is 19.1 Å². The van der Waals surface area contributed by atoms with Crippen molar-refractivity contribution in [2.45, 2.75) is 20.1 Å². The SMILES string of the molecule is Cc1csc(=O)n1CC(=O)NNC(=O)COc1ccc(OCc2ccccc2)cc1. The van der Waals surface area contributed by atoms with Gasteiger partial charge in [0.25, 0.3) is 11.8 Å². The Balaban J connectivity index is 1.38. The number of hydrazine groups is 1. The van der Waals surface area contributed by atoms with Gasteiger partial charge in [0.2, 0.25) is 0 Å². The Morgan fingerprint density at radius 1 is 0.933 bits per heavy atom. The van der Waals surface area contributed by atoms with Crippen LogP contribution >= 0.6 is 11.3 Å². The summed E-state index contributed by atoms with van der Waals surface area (Å²) >= 11 is 1.02. The molecule has 0 unspecified atom stereocenters. The summed E-state index contributed by atoms with van der Waals surface area (Å²) < 4.78 is 12.4. The highest BCUT2D eigenvalue weighted by molar-refractivity contribution is 7.07. The lowest BCUT2D eigenvalue weighted by atomic mass is 10.2. The summed E-state index contributed by atoms with van der Waals surface area (Å²) in [6, 6.07) is 16.7. The summed E-state index contributed by atoms with van der Waals surface area (Å²) in [7, 11) is 0. The third kappa shape index (κ3) is 6.21. The van der Waals surface area contributed by atoms with E-state index in [-0.39, 0.29) is 18.0 Å². The van der Waals surface area contributed by atoms with Crippen LogP contribution in [0.1, 0.15) is 11.3 Å². The van der Waals surface area contributed by atoms with Crippen LogP contribution in [-0.4, -0.2) is 23.0 Å². The molecule has 0 atom stereocenters. The first-order valence-corrected chi connectivity index (χ1v) is 10.0. The van der Waals surface area contributed by atoms with Gasteiger partial charge in [-0.3, -0.25) is 29.8 Å². The summed E-state index contributed by atoms with van der Waals surface area (Å²) in [6.45, 7) is 1.75. The van der Waals surface area contributed by atoms with E-state index in [0.29, 0.717) is 23.8 Å². The molecule has 0 saturated heterocycles. The van der Waals surface area contributed by atoms with E-state index in [9.17, 15) is 14.4 Å². The van der Waals surface area contributed by atoms with Crippen LogP contribution in [0.15, 0.2) is 64.8 Å². The van der Waals surface area contributed by atoms with E-state index in [2.05, 4.69) is 10.9 Å².